The highest BCUT2D eigenvalue weighted by Gasteiger charge is 2.13. The molecule has 1 heterocycles. The average molecular weight is 277 g/mol. The summed E-state index contributed by atoms with van der Waals surface area (Å²) in [6, 6.07) is 5.91. The van der Waals surface area contributed by atoms with Crippen molar-refractivity contribution in [2.75, 3.05) is 11.9 Å². The fourth-order valence-corrected chi connectivity index (χ4v) is 1.78. The molecule has 2 rings (SSSR count). The molecule has 0 aliphatic heterocycles. The van der Waals surface area contributed by atoms with Crippen molar-refractivity contribution >= 4 is 11.6 Å². The molecule has 0 fully saturated rings. The van der Waals surface area contributed by atoms with E-state index >= 15 is 0 Å². The molecule has 0 saturated carbocycles. The Bertz CT molecular complexity index is 598. The highest BCUT2D eigenvalue weighted by atomic mass is 19.1. The molecule has 2 aromatic rings. The molecular weight excluding hydrogens is 261 g/mol. The molecule has 0 aliphatic rings. The summed E-state index contributed by atoms with van der Waals surface area (Å²) in [5.41, 5.74) is 0.172. The van der Waals surface area contributed by atoms with Gasteiger partial charge in [0.25, 0.3) is 0 Å². The summed E-state index contributed by atoms with van der Waals surface area (Å²) in [4.78, 5) is 11.7. The van der Waals surface area contributed by atoms with E-state index in [9.17, 15) is 9.18 Å². The predicted octanol–water partition coefficient (Wildman–Crippen LogP) is 1.24. The molecule has 1 aromatic heterocycles. The zero-order valence-electron chi connectivity index (χ0n) is 11.3. The van der Waals surface area contributed by atoms with Crippen molar-refractivity contribution in [3.63, 3.8) is 0 Å². The van der Waals surface area contributed by atoms with Gasteiger partial charge in [-0.1, -0.05) is 12.1 Å². The number of hydrogen-bond acceptors (Lipinski definition) is 4. The Balaban J connectivity index is 1.87. The molecule has 1 amide bonds. The van der Waals surface area contributed by atoms with E-state index in [1.54, 1.807) is 23.0 Å². The number of aryl methyl sites for hydroxylation is 1. The van der Waals surface area contributed by atoms with E-state index in [-0.39, 0.29) is 24.2 Å². The summed E-state index contributed by atoms with van der Waals surface area (Å²) in [7, 11) is 1.83. The van der Waals surface area contributed by atoms with Gasteiger partial charge in [-0.05, 0) is 19.1 Å². The second kappa shape index (κ2) is 6.25. The van der Waals surface area contributed by atoms with E-state index in [1.807, 2.05) is 14.0 Å². The Labute approximate surface area is 116 Å². The van der Waals surface area contributed by atoms with Crippen molar-refractivity contribution in [2.45, 2.75) is 13.0 Å². The molecule has 20 heavy (non-hydrogen) atoms. The zero-order valence-corrected chi connectivity index (χ0v) is 11.3. The van der Waals surface area contributed by atoms with Crippen LogP contribution in [0.4, 0.5) is 10.1 Å². The van der Waals surface area contributed by atoms with Crippen LogP contribution in [0.15, 0.2) is 30.6 Å². The van der Waals surface area contributed by atoms with E-state index in [4.69, 9.17) is 0 Å². The van der Waals surface area contributed by atoms with Crippen LogP contribution in [0, 0.1) is 5.82 Å². The van der Waals surface area contributed by atoms with Crippen LogP contribution >= 0.6 is 0 Å². The third kappa shape index (κ3) is 3.39. The Morgan fingerprint density at radius 3 is 2.85 bits per heavy atom. The first kappa shape index (κ1) is 14.1. The van der Waals surface area contributed by atoms with E-state index in [0.29, 0.717) is 0 Å². The molecule has 1 atom stereocenters. The van der Waals surface area contributed by atoms with Crippen LogP contribution in [0.2, 0.25) is 0 Å². The van der Waals surface area contributed by atoms with Gasteiger partial charge in [0.15, 0.2) is 0 Å². The van der Waals surface area contributed by atoms with Crippen LogP contribution in [0.5, 0.6) is 0 Å². The third-order valence-electron chi connectivity index (χ3n) is 2.85. The first-order valence-corrected chi connectivity index (χ1v) is 6.19. The van der Waals surface area contributed by atoms with Gasteiger partial charge in [0.2, 0.25) is 5.91 Å². The molecule has 1 aromatic carbocycles. The number of rotatable bonds is 5. The van der Waals surface area contributed by atoms with E-state index in [1.165, 1.54) is 12.1 Å². The lowest BCUT2D eigenvalue weighted by Gasteiger charge is -2.13. The van der Waals surface area contributed by atoms with Crippen LogP contribution in [0.1, 0.15) is 18.8 Å². The van der Waals surface area contributed by atoms with E-state index < -0.39 is 5.82 Å². The quantitative estimate of drug-likeness (QED) is 0.862. The van der Waals surface area contributed by atoms with Gasteiger partial charge in [-0.15, -0.1) is 10.2 Å². The van der Waals surface area contributed by atoms with Crippen molar-refractivity contribution in [3.05, 3.63) is 42.2 Å². The van der Waals surface area contributed by atoms with Gasteiger partial charge in [-0.3, -0.25) is 10.1 Å². The number of nitrogens with one attached hydrogen (secondary N) is 2. The number of halogens is 1. The number of amides is 1. The van der Waals surface area contributed by atoms with Crippen molar-refractivity contribution < 1.29 is 9.18 Å². The minimum atomic E-state index is -0.456. The van der Waals surface area contributed by atoms with Crippen LogP contribution in [0.25, 0.3) is 0 Å². The topological polar surface area (TPSA) is 71.8 Å². The third-order valence-corrected chi connectivity index (χ3v) is 2.85. The van der Waals surface area contributed by atoms with E-state index in [0.717, 1.165) is 5.82 Å². The fourth-order valence-electron chi connectivity index (χ4n) is 1.78. The maximum absolute atomic E-state index is 13.4. The smallest absolute Gasteiger partial charge is 0.238 e. The number of nitrogens with zero attached hydrogens (tertiary/aromatic N) is 3. The standard InChI is InChI=1S/C13H16FN5O/c1-9(13-18-16-8-19(13)2)15-7-12(20)17-11-6-4-3-5-10(11)14/h3-6,8-9,15H,7H2,1-2H3,(H,17,20). The van der Waals surface area contributed by atoms with Crippen LogP contribution in [-0.4, -0.2) is 27.2 Å². The first-order valence-electron chi connectivity index (χ1n) is 6.19. The zero-order chi connectivity index (χ0) is 14.5. The van der Waals surface area contributed by atoms with Crippen molar-refractivity contribution in [1.82, 2.24) is 20.1 Å². The molecule has 0 bridgehead atoms. The number of carbonyl (C=O) groups is 1. The largest absolute Gasteiger partial charge is 0.322 e. The molecule has 0 spiro atoms. The highest BCUT2D eigenvalue weighted by molar-refractivity contribution is 5.92. The Hall–Kier alpha value is -2.28. The molecule has 7 heteroatoms. The summed E-state index contributed by atoms with van der Waals surface area (Å²) in [5.74, 6) is -0.0463. The summed E-state index contributed by atoms with van der Waals surface area (Å²) < 4.78 is 15.1. The maximum atomic E-state index is 13.4. The molecule has 0 saturated heterocycles. The SMILES string of the molecule is CC(NCC(=O)Nc1ccccc1F)c1nncn1C. The summed E-state index contributed by atoms with van der Waals surface area (Å²) in [5, 5.41) is 13.2. The molecule has 2 N–H and O–H groups in total. The number of benzene rings is 1. The molecular formula is C13H16FN5O. The Morgan fingerprint density at radius 1 is 1.45 bits per heavy atom. The van der Waals surface area contributed by atoms with Gasteiger partial charge in [-0.25, -0.2) is 4.39 Å². The number of aromatic nitrogens is 3. The number of para-hydroxylation sites is 1. The Kier molecular flexibility index (Phi) is 4.41. The van der Waals surface area contributed by atoms with Gasteiger partial charge in [0.05, 0.1) is 18.3 Å². The maximum Gasteiger partial charge on any atom is 0.238 e. The van der Waals surface area contributed by atoms with Gasteiger partial charge >= 0.3 is 0 Å². The van der Waals surface area contributed by atoms with Crippen molar-refractivity contribution in [2.24, 2.45) is 7.05 Å². The second-order valence-electron chi connectivity index (χ2n) is 4.43. The average Bonchev–Trinajstić information content (AvgIpc) is 2.85. The normalized spacial score (nSPS) is 12.2. The molecule has 0 radical (unpaired) electrons. The van der Waals surface area contributed by atoms with Crippen molar-refractivity contribution in [3.8, 4) is 0 Å². The summed E-state index contributed by atoms with van der Waals surface area (Å²) in [6.45, 7) is 1.93. The van der Waals surface area contributed by atoms with Crippen molar-refractivity contribution in [1.29, 1.82) is 0 Å². The molecule has 106 valence electrons. The van der Waals surface area contributed by atoms with Crippen LogP contribution < -0.4 is 10.6 Å². The van der Waals surface area contributed by atoms with E-state index in [2.05, 4.69) is 20.8 Å². The lowest BCUT2D eigenvalue weighted by Crippen LogP contribution is -2.31. The van der Waals surface area contributed by atoms with Gasteiger partial charge in [-0.2, -0.15) is 0 Å². The summed E-state index contributed by atoms with van der Waals surface area (Å²) in [6.07, 6.45) is 1.59. The van der Waals surface area contributed by atoms with Crippen LogP contribution in [-0.2, 0) is 11.8 Å². The predicted molar refractivity (Wildman–Crippen MR) is 72.5 cm³/mol. The molecule has 0 aliphatic carbocycles. The minimum absolute atomic E-state index is 0.0579. The Morgan fingerprint density at radius 2 is 2.20 bits per heavy atom. The molecule has 1 unspecified atom stereocenters. The molecule has 6 nitrogen and oxygen atoms in total. The fraction of sp³-hybridized carbons (Fsp3) is 0.308. The van der Waals surface area contributed by atoms with Gasteiger partial charge < -0.3 is 9.88 Å². The van der Waals surface area contributed by atoms with Gasteiger partial charge in [0.1, 0.15) is 18.0 Å². The van der Waals surface area contributed by atoms with Gasteiger partial charge in [0, 0.05) is 7.05 Å². The number of carbonyl (C=O) groups excluding carboxylic acids is 1. The first-order chi connectivity index (χ1) is 9.58. The minimum Gasteiger partial charge on any atom is -0.322 e. The number of hydrogen-bond donors (Lipinski definition) is 2. The monoisotopic (exact) mass is 277 g/mol. The summed E-state index contributed by atoms with van der Waals surface area (Å²) >= 11 is 0. The lowest BCUT2D eigenvalue weighted by molar-refractivity contribution is -0.115. The lowest BCUT2D eigenvalue weighted by atomic mass is 10.3. The second-order valence-corrected chi connectivity index (χ2v) is 4.43. The highest BCUT2D eigenvalue weighted by Crippen LogP contribution is 2.12. The number of anilines is 1. The van der Waals surface area contributed by atoms with Crippen LogP contribution in [0.3, 0.4) is 0 Å².